The third-order valence-electron chi connectivity index (χ3n) is 3.80. The number of rotatable bonds is 2. The molecule has 0 saturated carbocycles. The van der Waals surface area contributed by atoms with Crippen LogP contribution in [0.2, 0.25) is 0 Å². The fourth-order valence-electron chi connectivity index (χ4n) is 2.73. The summed E-state index contributed by atoms with van der Waals surface area (Å²) in [6.07, 6.45) is 3.51. The van der Waals surface area contributed by atoms with Crippen molar-refractivity contribution in [3.63, 3.8) is 0 Å². The third kappa shape index (κ3) is 2.52. The molecule has 0 radical (unpaired) electrons. The molecule has 1 aliphatic rings. The van der Waals surface area contributed by atoms with E-state index in [1.165, 1.54) is 19.2 Å². The zero-order valence-electron chi connectivity index (χ0n) is 12.0. The molecule has 1 aliphatic carbocycles. The van der Waals surface area contributed by atoms with E-state index in [-0.39, 0.29) is 0 Å². The molecular weight excluding hydrogens is 286 g/mol. The van der Waals surface area contributed by atoms with Crippen LogP contribution in [0.1, 0.15) is 33.5 Å². The summed E-state index contributed by atoms with van der Waals surface area (Å²) in [5, 5.41) is 0. The van der Waals surface area contributed by atoms with Gasteiger partial charge < -0.3 is 4.74 Å². The lowest BCUT2D eigenvalue weighted by Crippen LogP contribution is -2.07. The molecule has 2 aromatic carbocycles. The van der Waals surface area contributed by atoms with Gasteiger partial charge in [-0.25, -0.2) is 13.6 Å². The number of aryl methyl sites for hydroxylation is 1. The number of carbonyl (C=O) groups is 1. The number of fused-ring (bicyclic) bond motifs is 1. The van der Waals surface area contributed by atoms with Gasteiger partial charge in [0.15, 0.2) is 0 Å². The normalized spacial score (nSPS) is 13.3. The van der Waals surface area contributed by atoms with Crippen LogP contribution in [0, 0.1) is 11.6 Å². The molecule has 3 rings (SSSR count). The van der Waals surface area contributed by atoms with Gasteiger partial charge in [0.25, 0.3) is 0 Å². The number of methoxy groups -OCH3 is 1. The van der Waals surface area contributed by atoms with E-state index in [0.717, 1.165) is 30.0 Å². The molecule has 0 bridgehead atoms. The van der Waals surface area contributed by atoms with Crippen LogP contribution in [0.15, 0.2) is 42.5 Å². The minimum Gasteiger partial charge on any atom is -0.465 e. The summed E-state index contributed by atoms with van der Waals surface area (Å²) in [5.74, 6) is -1.66. The molecular formula is C18H14F2O2. The van der Waals surface area contributed by atoms with Crippen molar-refractivity contribution in [3.05, 3.63) is 76.4 Å². The molecule has 4 heteroatoms. The van der Waals surface area contributed by atoms with Crippen molar-refractivity contribution < 1.29 is 18.3 Å². The van der Waals surface area contributed by atoms with Gasteiger partial charge in [-0.15, -0.1) is 0 Å². The van der Waals surface area contributed by atoms with Gasteiger partial charge in [0.1, 0.15) is 11.6 Å². The molecule has 0 atom stereocenters. The van der Waals surface area contributed by atoms with Crippen LogP contribution in [-0.2, 0) is 11.2 Å². The van der Waals surface area contributed by atoms with E-state index in [9.17, 15) is 13.6 Å². The van der Waals surface area contributed by atoms with Gasteiger partial charge in [-0.3, -0.25) is 0 Å². The highest BCUT2D eigenvalue weighted by molar-refractivity contribution is 5.92. The van der Waals surface area contributed by atoms with Gasteiger partial charge in [0, 0.05) is 11.6 Å². The highest BCUT2D eigenvalue weighted by atomic mass is 19.1. The van der Waals surface area contributed by atoms with Crippen molar-refractivity contribution in [1.82, 2.24) is 0 Å². The number of esters is 1. The second-order valence-electron chi connectivity index (χ2n) is 5.14. The number of allylic oxidation sites excluding steroid dienone is 1. The van der Waals surface area contributed by atoms with Gasteiger partial charge in [-0.1, -0.05) is 12.1 Å². The van der Waals surface area contributed by atoms with Crippen molar-refractivity contribution in [3.8, 4) is 0 Å². The Bertz CT molecular complexity index is 779. The zero-order valence-corrected chi connectivity index (χ0v) is 12.0. The lowest BCUT2D eigenvalue weighted by molar-refractivity contribution is 0.0600. The largest absolute Gasteiger partial charge is 0.465 e. The summed E-state index contributed by atoms with van der Waals surface area (Å²) in [6, 6.07) is 8.79. The van der Waals surface area contributed by atoms with Crippen LogP contribution in [0.4, 0.5) is 8.78 Å². The first-order valence-corrected chi connectivity index (χ1v) is 6.97. The fraction of sp³-hybridized carbons (Fsp3) is 0.167. The Labute approximate surface area is 127 Å². The number of hydrogen-bond acceptors (Lipinski definition) is 2. The minimum absolute atomic E-state index is 0.337. The van der Waals surface area contributed by atoms with Crippen molar-refractivity contribution in [1.29, 1.82) is 0 Å². The average Bonchev–Trinajstić information content (AvgIpc) is 2.53. The number of carbonyl (C=O) groups excluding carboxylic acids is 1. The SMILES string of the molecule is COC(=O)c1ccc2c(c1)C(c1ccc(F)cc1F)=CCC2. The Kier molecular flexibility index (Phi) is 3.75. The van der Waals surface area contributed by atoms with Gasteiger partial charge >= 0.3 is 5.97 Å². The molecule has 0 saturated heterocycles. The lowest BCUT2D eigenvalue weighted by Gasteiger charge is -2.19. The highest BCUT2D eigenvalue weighted by Crippen LogP contribution is 2.34. The molecule has 2 aromatic rings. The fourth-order valence-corrected chi connectivity index (χ4v) is 2.73. The molecule has 112 valence electrons. The zero-order chi connectivity index (χ0) is 15.7. The number of halogens is 2. The maximum atomic E-state index is 14.1. The first-order valence-electron chi connectivity index (χ1n) is 6.97. The van der Waals surface area contributed by atoms with Crippen LogP contribution < -0.4 is 0 Å². The van der Waals surface area contributed by atoms with E-state index in [2.05, 4.69) is 0 Å². The second-order valence-corrected chi connectivity index (χ2v) is 5.14. The number of hydrogen-bond donors (Lipinski definition) is 0. The highest BCUT2D eigenvalue weighted by Gasteiger charge is 2.19. The van der Waals surface area contributed by atoms with E-state index < -0.39 is 17.6 Å². The maximum absolute atomic E-state index is 14.1. The molecule has 2 nitrogen and oxygen atoms in total. The van der Waals surface area contributed by atoms with Crippen molar-refractivity contribution in [2.75, 3.05) is 7.11 Å². The van der Waals surface area contributed by atoms with Gasteiger partial charge in [-0.05, 0) is 53.8 Å². The molecule has 22 heavy (non-hydrogen) atoms. The first kappa shape index (κ1) is 14.4. The first-order chi connectivity index (χ1) is 10.6. The second kappa shape index (κ2) is 5.72. The molecule has 0 fully saturated rings. The molecule has 0 aromatic heterocycles. The molecule has 0 heterocycles. The van der Waals surface area contributed by atoms with E-state index in [1.54, 1.807) is 12.1 Å². The Morgan fingerprint density at radius 3 is 2.64 bits per heavy atom. The Morgan fingerprint density at radius 1 is 1.09 bits per heavy atom. The summed E-state index contributed by atoms with van der Waals surface area (Å²) in [7, 11) is 1.32. The van der Waals surface area contributed by atoms with E-state index in [0.29, 0.717) is 16.7 Å². The Hall–Kier alpha value is -2.49. The summed E-state index contributed by atoms with van der Waals surface area (Å²) in [6.45, 7) is 0. The van der Waals surface area contributed by atoms with Gasteiger partial charge in [0.05, 0.1) is 12.7 Å². The Balaban J connectivity index is 2.12. The Morgan fingerprint density at radius 2 is 1.91 bits per heavy atom. The van der Waals surface area contributed by atoms with E-state index in [1.807, 2.05) is 12.1 Å². The van der Waals surface area contributed by atoms with Gasteiger partial charge in [-0.2, -0.15) is 0 Å². The van der Waals surface area contributed by atoms with Crippen molar-refractivity contribution in [2.24, 2.45) is 0 Å². The summed E-state index contributed by atoms with van der Waals surface area (Å²) < 4.78 is 31.9. The van der Waals surface area contributed by atoms with Crippen LogP contribution in [0.25, 0.3) is 5.57 Å². The molecule has 0 spiro atoms. The third-order valence-corrected chi connectivity index (χ3v) is 3.80. The van der Waals surface area contributed by atoms with Gasteiger partial charge in [0.2, 0.25) is 0 Å². The number of benzene rings is 2. The van der Waals surface area contributed by atoms with Crippen LogP contribution in [0.5, 0.6) is 0 Å². The van der Waals surface area contributed by atoms with E-state index >= 15 is 0 Å². The minimum atomic E-state index is -0.610. The molecule has 0 unspecified atom stereocenters. The molecule has 0 amide bonds. The number of ether oxygens (including phenoxy) is 1. The molecule has 0 aliphatic heterocycles. The summed E-state index contributed by atoms with van der Waals surface area (Å²) in [5.41, 5.74) is 3.26. The summed E-state index contributed by atoms with van der Waals surface area (Å²) in [4.78, 5) is 11.7. The predicted molar refractivity (Wildman–Crippen MR) is 79.5 cm³/mol. The topological polar surface area (TPSA) is 26.3 Å². The average molecular weight is 300 g/mol. The van der Waals surface area contributed by atoms with Crippen LogP contribution >= 0.6 is 0 Å². The van der Waals surface area contributed by atoms with Crippen molar-refractivity contribution in [2.45, 2.75) is 12.8 Å². The maximum Gasteiger partial charge on any atom is 0.337 e. The van der Waals surface area contributed by atoms with Crippen molar-refractivity contribution >= 4 is 11.5 Å². The van der Waals surface area contributed by atoms with E-state index in [4.69, 9.17) is 4.74 Å². The summed E-state index contributed by atoms with van der Waals surface area (Å²) >= 11 is 0. The molecule has 0 N–H and O–H groups in total. The predicted octanol–water partition coefficient (Wildman–Crippen LogP) is 4.13. The monoisotopic (exact) mass is 300 g/mol. The van der Waals surface area contributed by atoms with Crippen LogP contribution in [-0.4, -0.2) is 13.1 Å². The standard InChI is InChI=1S/C18H14F2O2/c1-22-18(21)12-6-5-11-3-2-4-14(16(11)9-12)15-8-7-13(19)10-17(15)20/h4-10H,2-3H2,1H3. The smallest absolute Gasteiger partial charge is 0.337 e. The quantitative estimate of drug-likeness (QED) is 0.780. The van der Waals surface area contributed by atoms with Crippen LogP contribution in [0.3, 0.4) is 0 Å². The lowest BCUT2D eigenvalue weighted by atomic mass is 9.85.